The van der Waals surface area contributed by atoms with Crippen molar-refractivity contribution in [3.05, 3.63) is 69.9 Å². The fourth-order valence-corrected chi connectivity index (χ4v) is 4.69. The van der Waals surface area contributed by atoms with E-state index in [1.807, 2.05) is 18.2 Å². The second-order valence-corrected chi connectivity index (χ2v) is 8.71. The van der Waals surface area contributed by atoms with Crippen molar-refractivity contribution in [1.82, 2.24) is 9.97 Å². The first-order valence-electron chi connectivity index (χ1n) is 9.42. The Morgan fingerprint density at radius 2 is 1.87 bits per heavy atom. The molecule has 3 heterocycles. The highest BCUT2D eigenvalue weighted by molar-refractivity contribution is 7.15. The smallest absolute Gasteiger partial charge is 0.113 e. The number of rotatable bonds is 5. The first-order chi connectivity index (χ1) is 14.5. The molecular formula is C21H21ClN2O5S. The van der Waals surface area contributed by atoms with Crippen molar-refractivity contribution >= 4 is 22.9 Å². The maximum absolute atomic E-state index is 10.4. The number of aromatic nitrogens is 2. The lowest BCUT2D eigenvalue weighted by Crippen LogP contribution is -2.55. The molecule has 0 saturated carbocycles. The number of hydrogen-bond donors (Lipinski definition) is 4. The monoisotopic (exact) mass is 448 g/mol. The number of ether oxygens (including phenoxy) is 1. The fraction of sp³-hybridized carbons (Fsp3) is 0.333. The molecule has 4 N–H and O–H groups in total. The molecule has 2 aromatic heterocycles. The third kappa shape index (κ3) is 4.26. The van der Waals surface area contributed by atoms with Crippen molar-refractivity contribution in [2.75, 3.05) is 6.61 Å². The van der Waals surface area contributed by atoms with Crippen molar-refractivity contribution in [2.45, 2.75) is 36.9 Å². The Morgan fingerprint density at radius 3 is 2.60 bits per heavy atom. The average molecular weight is 449 g/mol. The summed E-state index contributed by atoms with van der Waals surface area (Å²) in [4.78, 5) is 10.5. The second kappa shape index (κ2) is 9.07. The molecule has 3 unspecified atom stereocenters. The number of nitrogens with zero attached hydrogens (tertiary/aromatic N) is 2. The molecule has 0 spiro atoms. The highest BCUT2D eigenvalue weighted by Gasteiger charge is 2.44. The van der Waals surface area contributed by atoms with E-state index >= 15 is 0 Å². The van der Waals surface area contributed by atoms with Crippen LogP contribution in [0, 0.1) is 0 Å². The largest absolute Gasteiger partial charge is 0.394 e. The zero-order chi connectivity index (χ0) is 21.3. The Kier molecular flexibility index (Phi) is 6.45. The van der Waals surface area contributed by atoms with Gasteiger partial charge in [0.2, 0.25) is 0 Å². The third-order valence-corrected chi connectivity index (χ3v) is 6.61. The molecule has 1 aromatic carbocycles. The van der Waals surface area contributed by atoms with Gasteiger partial charge < -0.3 is 25.2 Å². The summed E-state index contributed by atoms with van der Waals surface area (Å²) in [6, 6.07) is 9.23. The molecule has 1 fully saturated rings. The Morgan fingerprint density at radius 1 is 1.03 bits per heavy atom. The van der Waals surface area contributed by atoms with Crippen LogP contribution in [0.5, 0.6) is 0 Å². The van der Waals surface area contributed by atoms with Crippen LogP contribution in [0.4, 0.5) is 0 Å². The summed E-state index contributed by atoms with van der Waals surface area (Å²) in [5, 5.41) is 40.4. The zero-order valence-corrected chi connectivity index (χ0v) is 17.4. The van der Waals surface area contributed by atoms with E-state index in [0.29, 0.717) is 17.0 Å². The van der Waals surface area contributed by atoms with Gasteiger partial charge in [0.15, 0.2) is 0 Å². The molecule has 4 rings (SSSR count). The molecule has 0 radical (unpaired) electrons. The van der Waals surface area contributed by atoms with E-state index in [1.54, 1.807) is 42.1 Å². The fourth-order valence-electron chi connectivity index (χ4n) is 3.51. The molecule has 7 nitrogen and oxygen atoms in total. The lowest BCUT2D eigenvalue weighted by atomic mass is 9.90. The standard InChI is InChI=1S/C21H21ClN2O5S/c22-14-3-1-11(21-20(28)19(27)18(26)16(10-25)29-21)7-12(14)8-13-2-4-17(30-13)15-9-23-5-6-24-15/h1-7,9,16,18-21,25-28H,8,10H2/t16?,18-,19?,20-,21?/m1/s1. The Hall–Kier alpha value is -1.91. The van der Waals surface area contributed by atoms with Gasteiger partial charge in [-0.1, -0.05) is 23.7 Å². The average Bonchev–Trinajstić information content (AvgIpc) is 3.23. The molecule has 9 heteroatoms. The molecule has 0 amide bonds. The number of aliphatic hydroxyl groups is 4. The summed E-state index contributed by atoms with van der Waals surface area (Å²) >= 11 is 7.99. The van der Waals surface area contributed by atoms with Gasteiger partial charge in [0.25, 0.3) is 0 Å². The Labute approximate surface area is 182 Å². The van der Waals surface area contributed by atoms with Crippen molar-refractivity contribution in [3.8, 4) is 10.6 Å². The summed E-state index contributed by atoms with van der Waals surface area (Å²) < 4.78 is 5.66. The van der Waals surface area contributed by atoms with Gasteiger partial charge in [0.1, 0.15) is 30.5 Å². The SMILES string of the molecule is OCC1OC(c2ccc(Cl)c(Cc3ccc(-c4cnccn4)s3)c2)[C@H](O)C(O)[C@@H]1O. The third-order valence-electron chi connectivity index (χ3n) is 5.13. The van der Waals surface area contributed by atoms with Crippen molar-refractivity contribution in [1.29, 1.82) is 0 Å². The molecule has 1 aliphatic heterocycles. The number of hydrogen-bond acceptors (Lipinski definition) is 8. The van der Waals surface area contributed by atoms with Gasteiger partial charge in [-0.25, -0.2) is 0 Å². The minimum absolute atomic E-state index is 0.470. The van der Waals surface area contributed by atoms with Gasteiger partial charge in [0.05, 0.1) is 23.4 Å². The molecule has 1 aliphatic rings. The van der Waals surface area contributed by atoms with E-state index in [2.05, 4.69) is 9.97 Å². The molecule has 0 bridgehead atoms. The van der Waals surface area contributed by atoms with Crippen LogP contribution < -0.4 is 0 Å². The maximum Gasteiger partial charge on any atom is 0.113 e. The van der Waals surface area contributed by atoms with Crippen molar-refractivity contribution < 1.29 is 25.2 Å². The van der Waals surface area contributed by atoms with E-state index in [9.17, 15) is 20.4 Å². The van der Waals surface area contributed by atoms with E-state index in [-0.39, 0.29) is 0 Å². The predicted octanol–water partition coefficient (Wildman–Crippen LogP) is 1.96. The second-order valence-electron chi connectivity index (χ2n) is 7.13. The van der Waals surface area contributed by atoms with Crippen LogP contribution >= 0.6 is 22.9 Å². The predicted molar refractivity (Wildman–Crippen MR) is 112 cm³/mol. The van der Waals surface area contributed by atoms with Crippen LogP contribution in [-0.4, -0.2) is 61.4 Å². The minimum atomic E-state index is -1.42. The van der Waals surface area contributed by atoms with E-state index in [0.717, 1.165) is 21.0 Å². The lowest BCUT2D eigenvalue weighted by molar-refractivity contribution is -0.231. The van der Waals surface area contributed by atoms with E-state index < -0.39 is 37.1 Å². The summed E-state index contributed by atoms with van der Waals surface area (Å²) in [5.41, 5.74) is 2.24. The Balaban J connectivity index is 1.57. The van der Waals surface area contributed by atoms with E-state index in [4.69, 9.17) is 16.3 Å². The van der Waals surface area contributed by atoms with Crippen LogP contribution in [0.15, 0.2) is 48.9 Å². The normalized spacial score (nSPS) is 26.6. The van der Waals surface area contributed by atoms with Gasteiger partial charge in [-0.15, -0.1) is 11.3 Å². The molecule has 0 aliphatic carbocycles. The molecule has 1 saturated heterocycles. The van der Waals surface area contributed by atoms with Gasteiger partial charge in [0, 0.05) is 28.7 Å². The topological polar surface area (TPSA) is 116 Å². The van der Waals surface area contributed by atoms with Crippen LogP contribution in [0.25, 0.3) is 10.6 Å². The van der Waals surface area contributed by atoms with Crippen molar-refractivity contribution in [2.24, 2.45) is 0 Å². The van der Waals surface area contributed by atoms with Gasteiger partial charge in [-0.2, -0.15) is 0 Å². The van der Waals surface area contributed by atoms with Gasteiger partial charge in [-0.3, -0.25) is 9.97 Å². The Bertz CT molecular complexity index is 1000. The number of aliphatic hydroxyl groups excluding tert-OH is 4. The first-order valence-corrected chi connectivity index (χ1v) is 10.6. The molecule has 158 valence electrons. The zero-order valence-electron chi connectivity index (χ0n) is 15.8. The first kappa shape index (κ1) is 21.3. The number of benzene rings is 1. The number of thiophene rings is 1. The van der Waals surface area contributed by atoms with Gasteiger partial charge >= 0.3 is 0 Å². The number of halogens is 1. The van der Waals surface area contributed by atoms with Gasteiger partial charge in [-0.05, 0) is 29.3 Å². The summed E-state index contributed by atoms with van der Waals surface area (Å²) in [7, 11) is 0. The van der Waals surface area contributed by atoms with Crippen LogP contribution in [-0.2, 0) is 11.2 Å². The minimum Gasteiger partial charge on any atom is -0.394 e. The molecule has 5 atom stereocenters. The highest BCUT2D eigenvalue weighted by atomic mass is 35.5. The van der Waals surface area contributed by atoms with Crippen LogP contribution in [0.1, 0.15) is 22.1 Å². The lowest BCUT2D eigenvalue weighted by Gasteiger charge is -2.40. The maximum atomic E-state index is 10.4. The summed E-state index contributed by atoms with van der Waals surface area (Å²) in [5.74, 6) is 0. The summed E-state index contributed by atoms with van der Waals surface area (Å²) in [6.45, 7) is -0.470. The van der Waals surface area contributed by atoms with Crippen LogP contribution in [0.2, 0.25) is 5.02 Å². The van der Waals surface area contributed by atoms with E-state index in [1.165, 1.54) is 0 Å². The molecule has 3 aromatic rings. The summed E-state index contributed by atoms with van der Waals surface area (Å²) in [6.07, 6.45) is -0.448. The van der Waals surface area contributed by atoms with Crippen LogP contribution in [0.3, 0.4) is 0 Å². The van der Waals surface area contributed by atoms with Crippen molar-refractivity contribution in [3.63, 3.8) is 0 Å². The molecular weight excluding hydrogens is 428 g/mol. The molecule has 30 heavy (non-hydrogen) atoms. The quantitative estimate of drug-likeness (QED) is 0.471. The highest BCUT2D eigenvalue weighted by Crippen LogP contribution is 2.35.